The van der Waals surface area contributed by atoms with Crippen molar-refractivity contribution >= 4 is 39.1 Å². The van der Waals surface area contributed by atoms with Crippen LogP contribution in [-0.2, 0) is 31.6 Å². The fourth-order valence-corrected chi connectivity index (χ4v) is 6.66. The minimum absolute atomic E-state index is 0.311. The molecule has 7 nitrogen and oxygen atoms in total. The van der Waals surface area contributed by atoms with Crippen LogP contribution in [0.2, 0.25) is 0 Å². The summed E-state index contributed by atoms with van der Waals surface area (Å²) >= 11 is 3.52. The number of thioether (sulfide) groups is 1. The Kier molecular flexibility index (Phi) is 4.87. The molecule has 1 aliphatic heterocycles. The van der Waals surface area contributed by atoms with Gasteiger partial charge in [-0.25, -0.2) is 14.8 Å². The zero-order valence-corrected chi connectivity index (χ0v) is 18.9. The van der Waals surface area contributed by atoms with Crippen LogP contribution in [0.25, 0.3) is 10.2 Å². The maximum Gasteiger partial charge on any atom is 0.325 e. The highest BCUT2D eigenvalue weighted by Gasteiger charge is 2.28. The number of nitrogens with zero attached hydrogens (tertiary/aromatic N) is 3. The van der Waals surface area contributed by atoms with Crippen molar-refractivity contribution in [3.8, 4) is 0 Å². The van der Waals surface area contributed by atoms with Gasteiger partial charge < -0.3 is 9.88 Å². The quantitative estimate of drug-likeness (QED) is 0.451. The highest BCUT2D eigenvalue weighted by atomic mass is 32.2. The molecule has 162 valence electrons. The smallest absolute Gasteiger partial charge is 0.325 e. The second kappa shape index (κ2) is 7.90. The molecule has 32 heavy (non-hydrogen) atoms. The minimum atomic E-state index is -0.442. The second-order valence-corrected chi connectivity index (χ2v) is 10.3. The molecule has 6 rings (SSSR count). The normalized spacial score (nSPS) is 15.2. The maximum atomic E-state index is 12.5. The molecule has 0 atom stereocenters. The van der Waals surface area contributed by atoms with E-state index in [-0.39, 0.29) is 5.56 Å². The van der Waals surface area contributed by atoms with Crippen LogP contribution in [0.15, 0.2) is 44.8 Å². The fourth-order valence-electron chi connectivity index (χ4n) is 4.61. The van der Waals surface area contributed by atoms with Crippen molar-refractivity contribution in [2.45, 2.75) is 42.9 Å². The molecule has 0 fully saturated rings. The van der Waals surface area contributed by atoms with Crippen molar-refractivity contribution in [2.24, 2.45) is 0 Å². The van der Waals surface area contributed by atoms with Crippen LogP contribution in [0.5, 0.6) is 0 Å². The van der Waals surface area contributed by atoms with Crippen molar-refractivity contribution in [3.63, 3.8) is 0 Å². The molecule has 3 aromatic heterocycles. The summed E-state index contributed by atoms with van der Waals surface area (Å²) in [6.45, 7) is 1.14. The van der Waals surface area contributed by atoms with E-state index in [1.165, 1.54) is 21.8 Å². The Bertz CT molecular complexity index is 1440. The predicted molar refractivity (Wildman–Crippen MR) is 128 cm³/mol. The Morgan fingerprint density at radius 1 is 1.03 bits per heavy atom. The molecule has 2 N–H and O–H groups in total. The largest absolute Gasteiger partial charge is 0.351 e. The van der Waals surface area contributed by atoms with E-state index in [9.17, 15) is 9.59 Å². The number of aryl methyl sites for hydroxylation is 2. The molecular weight excluding hydrogens is 442 g/mol. The molecule has 0 spiro atoms. The van der Waals surface area contributed by atoms with E-state index in [1.807, 2.05) is 18.2 Å². The number of anilines is 1. The van der Waals surface area contributed by atoms with E-state index in [4.69, 9.17) is 9.97 Å². The monoisotopic (exact) mass is 463 g/mol. The van der Waals surface area contributed by atoms with Crippen LogP contribution in [0.4, 0.5) is 5.82 Å². The summed E-state index contributed by atoms with van der Waals surface area (Å²) in [5.74, 6) is 2.42. The lowest BCUT2D eigenvalue weighted by Gasteiger charge is -2.29. The van der Waals surface area contributed by atoms with Gasteiger partial charge in [0.25, 0.3) is 5.56 Å². The molecule has 2 aliphatic rings. The predicted octanol–water partition coefficient (Wildman–Crippen LogP) is 3.41. The zero-order chi connectivity index (χ0) is 21.7. The number of thiophene rings is 1. The van der Waals surface area contributed by atoms with Gasteiger partial charge in [-0.1, -0.05) is 18.2 Å². The summed E-state index contributed by atoms with van der Waals surface area (Å²) < 4.78 is 0. The number of rotatable bonds is 4. The van der Waals surface area contributed by atoms with Crippen LogP contribution >= 0.6 is 23.1 Å². The Morgan fingerprint density at radius 2 is 1.91 bits per heavy atom. The number of aromatic nitrogens is 4. The van der Waals surface area contributed by atoms with Crippen LogP contribution in [-0.4, -0.2) is 26.5 Å². The Balaban J connectivity index is 1.42. The molecule has 0 bridgehead atoms. The van der Waals surface area contributed by atoms with Gasteiger partial charge in [-0.15, -0.1) is 23.1 Å². The molecule has 4 heterocycles. The summed E-state index contributed by atoms with van der Waals surface area (Å²) in [7, 11) is 0. The lowest BCUT2D eigenvalue weighted by Crippen LogP contribution is -2.39. The molecule has 0 saturated heterocycles. The number of benzene rings is 1. The molecule has 0 saturated carbocycles. The van der Waals surface area contributed by atoms with E-state index in [0.717, 1.165) is 40.4 Å². The molecule has 0 amide bonds. The first-order valence-corrected chi connectivity index (χ1v) is 12.5. The van der Waals surface area contributed by atoms with Crippen molar-refractivity contribution in [2.75, 3.05) is 11.4 Å². The first-order chi connectivity index (χ1) is 15.7. The van der Waals surface area contributed by atoms with Crippen LogP contribution in [0.3, 0.4) is 0 Å². The minimum Gasteiger partial charge on any atom is -0.351 e. The third-order valence-electron chi connectivity index (χ3n) is 6.11. The van der Waals surface area contributed by atoms with E-state index in [2.05, 4.69) is 27.0 Å². The highest BCUT2D eigenvalue weighted by Crippen LogP contribution is 2.41. The average Bonchev–Trinajstić information content (AvgIpc) is 3.39. The highest BCUT2D eigenvalue weighted by molar-refractivity contribution is 7.98. The van der Waals surface area contributed by atoms with E-state index < -0.39 is 5.69 Å². The third-order valence-corrected chi connectivity index (χ3v) is 8.31. The Labute approximate surface area is 191 Å². The van der Waals surface area contributed by atoms with E-state index in [0.29, 0.717) is 30.8 Å². The summed E-state index contributed by atoms with van der Waals surface area (Å²) in [4.78, 5) is 45.1. The summed E-state index contributed by atoms with van der Waals surface area (Å²) in [6.07, 6.45) is 3.95. The van der Waals surface area contributed by atoms with Gasteiger partial charge in [0.05, 0.1) is 23.2 Å². The maximum absolute atomic E-state index is 12.5. The van der Waals surface area contributed by atoms with Crippen molar-refractivity contribution in [3.05, 3.63) is 78.7 Å². The van der Waals surface area contributed by atoms with Gasteiger partial charge in [0, 0.05) is 28.4 Å². The summed E-state index contributed by atoms with van der Waals surface area (Å²) in [5.41, 5.74) is 1.98. The first-order valence-electron chi connectivity index (χ1n) is 10.7. The van der Waals surface area contributed by atoms with Gasteiger partial charge in [0.15, 0.2) is 0 Å². The molecule has 1 aromatic carbocycles. The van der Waals surface area contributed by atoms with Gasteiger partial charge in [-0.05, 0) is 37.0 Å². The van der Waals surface area contributed by atoms with Gasteiger partial charge in [0.2, 0.25) is 0 Å². The molecule has 9 heteroatoms. The number of nitrogens with one attached hydrogen (secondary N) is 2. The summed E-state index contributed by atoms with van der Waals surface area (Å²) in [6, 6.07) is 10.3. The number of hydrogen-bond donors (Lipinski definition) is 2. The molecular formula is C23H21N5O2S2. The van der Waals surface area contributed by atoms with Crippen molar-refractivity contribution < 1.29 is 0 Å². The van der Waals surface area contributed by atoms with Crippen LogP contribution < -0.4 is 16.1 Å². The number of fused-ring (bicyclic) bond motifs is 4. The van der Waals surface area contributed by atoms with Crippen molar-refractivity contribution in [1.82, 2.24) is 19.9 Å². The third kappa shape index (κ3) is 3.45. The molecule has 0 radical (unpaired) electrons. The summed E-state index contributed by atoms with van der Waals surface area (Å²) in [5, 5.41) is 1.15. The van der Waals surface area contributed by atoms with Gasteiger partial charge in [-0.2, -0.15) is 0 Å². The fraction of sp³-hybridized carbons (Fsp3) is 0.304. The molecule has 0 unspecified atom stereocenters. The SMILES string of the molecule is O=c1[nH]c2c(c(=O)[nH]1)CN(c1nc(CSc3ccccc3)nc3sc4c(c13)CCC4)CC2. The zero-order valence-electron chi connectivity index (χ0n) is 17.3. The first kappa shape index (κ1) is 19.8. The lowest BCUT2D eigenvalue weighted by molar-refractivity contribution is 0.683. The van der Waals surface area contributed by atoms with E-state index >= 15 is 0 Å². The second-order valence-electron chi connectivity index (χ2n) is 8.14. The topological polar surface area (TPSA) is 94.7 Å². The Morgan fingerprint density at radius 3 is 2.78 bits per heavy atom. The number of hydrogen-bond acceptors (Lipinski definition) is 7. The van der Waals surface area contributed by atoms with E-state index in [1.54, 1.807) is 23.1 Å². The standard InChI is InChI=1S/C23H21N5O2S2/c29-21-15-11-28(10-9-16(15)24-23(30)27-21)20-19-14-7-4-8-17(14)32-22(19)26-18(25-20)12-31-13-5-2-1-3-6-13/h1-3,5-6H,4,7-12H2,(H2,24,27,29,30). The number of aromatic amines is 2. The van der Waals surface area contributed by atoms with Crippen LogP contribution in [0.1, 0.15) is 33.9 Å². The van der Waals surface area contributed by atoms with Gasteiger partial charge in [-0.3, -0.25) is 9.78 Å². The molecule has 1 aliphatic carbocycles. The molecule has 4 aromatic rings. The van der Waals surface area contributed by atoms with Gasteiger partial charge >= 0.3 is 5.69 Å². The number of H-pyrrole nitrogens is 2. The van der Waals surface area contributed by atoms with Crippen molar-refractivity contribution in [1.29, 1.82) is 0 Å². The van der Waals surface area contributed by atoms with Crippen LogP contribution in [0, 0.1) is 0 Å². The van der Waals surface area contributed by atoms with Gasteiger partial charge in [0.1, 0.15) is 16.5 Å². The average molecular weight is 464 g/mol. The Hall–Kier alpha value is -2.91. The lowest BCUT2D eigenvalue weighted by atomic mass is 10.1.